The lowest BCUT2D eigenvalue weighted by molar-refractivity contribution is -0.386. The minimum Gasteiger partial charge on any atom is -0.370 e. The summed E-state index contributed by atoms with van der Waals surface area (Å²) in [5, 5.41) is 13.7. The molecule has 0 unspecified atom stereocenters. The van der Waals surface area contributed by atoms with E-state index in [2.05, 4.69) is 17.4 Å². The number of nitrogens with zero attached hydrogens (tertiary/aromatic N) is 2. The summed E-state index contributed by atoms with van der Waals surface area (Å²) in [6, 6.07) is 14.1. The van der Waals surface area contributed by atoms with Crippen LogP contribution >= 0.6 is 0 Å². The van der Waals surface area contributed by atoms with Gasteiger partial charge in [-0.15, -0.1) is 0 Å². The number of benzene rings is 2. The number of anilines is 1. The molecule has 0 aromatic heterocycles. The van der Waals surface area contributed by atoms with Crippen molar-refractivity contribution in [3.8, 4) is 0 Å². The molecule has 0 saturated carbocycles. The highest BCUT2D eigenvalue weighted by Gasteiger charge is 2.24. The number of para-hydroxylation sites is 1. The van der Waals surface area contributed by atoms with E-state index in [-0.39, 0.29) is 18.1 Å². The van der Waals surface area contributed by atoms with Crippen molar-refractivity contribution in [3.63, 3.8) is 0 Å². The first-order valence-corrected chi connectivity index (χ1v) is 9.03. The van der Waals surface area contributed by atoms with Gasteiger partial charge in [0.2, 0.25) is 11.7 Å². The highest BCUT2D eigenvalue weighted by atomic mass is 19.1. The summed E-state index contributed by atoms with van der Waals surface area (Å²) in [6.07, 6.45) is 2.87. The molecule has 2 aromatic carbocycles. The predicted octanol–water partition coefficient (Wildman–Crippen LogP) is 3.63. The third kappa shape index (κ3) is 4.81. The summed E-state index contributed by atoms with van der Waals surface area (Å²) in [5.41, 5.74) is 0.696. The molecule has 0 spiro atoms. The van der Waals surface area contributed by atoms with E-state index in [1.807, 2.05) is 18.2 Å². The zero-order valence-electron chi connectivity index (χ0n) is 14.9. The van der Waals surface area contributed by atoms with Crippen molar-refractivity contribution in [2.45, 2.75) is 19.3 Å². The van der Waals surface area contributed by atoms with Gasteiger partial charge in [-0.2, -0.15) is 4.39 Å². The second kappa shape index (κ2) is 8.62. The lowest BCUT2D eigenvalue weighted by Crippen LogP contribution is -2.41. The zero-order valence-corrected chi connectivity index (χ0v) is 14.9. The van der Waals surface area contributed by atoms with Crippen LogP contribution in [0.15, 0.2) is 48.5 Å². The molecule has 6 nitrogen and oxygen atoms in total. The van der Waals surface area contributed by atoms with Crippen molar-refractivity contribution in [3.05, 3.63) is 70.0 Å². The second-order valence-electron chi connectivity index (χ2n) is 6.76. The van der Waals surface area contributed by atoms with Crippen molar-refractivity contribution in [2.24, 2.45) is 5.92 Å². The van der Waals surface area contributed by atoms with Crippen LogP contribution in [0.25, 0.3) is 0 Å². The molecule has 1 amide bonds. The van der Waals surface area contributed by atoms with Gasteiger partial charge in [0.05, 0.1) is 11.5 Å². The fraction of sp³-hybridized carbons (Fsp3) is 0.350. The number of piperidine rings is 1. The van der Waals surface area contributed by atoms with Gasteiger partial charge in [-0.3, -0.25) is 14.9 Å². The van der Waals surface area contributed by atoms with Gasteiger partial charge in [0.15, 0.2) is 0 Å². The SMILES string of the molecule is O=C(CNc1cccc(F)c1[N+](=O)[O-])N1CCC(Cc2ccccc2)CC1. The molecular weight excluding hydrogens is 349 g/mol. The molecule has 0 aliphatic carbocycles. The normalized spacial score (nSPS) is 14.8. The zero-order chi connectivity index (χ0) is 19.2. The molecule has 3 rings (SSSR count). The Morgan fingerprint density at radius 3 is 2.52 bits per heavy atom. The summed E-state index contributed by atoms with van der Waals surface area (Å²) in [6.45, 7) is 1.25. The molecule has 0 atom stereocenters. The van der Waals surface area contributed by atoms with Crippen molar-refractivity contribution in [1.29, 1.82) is 0 Å². The van der Waals surface area contributed by atoms with E-state index in [9.17, 15) is 19.3 Å². The van der Waals surface area contributed by atoms with Crippen LogP contribution in [0.4, 0.5) is 15.8 Å². The topological polar surface area (TPSA) is 75.5 Å². The summed E-state index contributed by atoms with van der Waals surface area (Å²) in [4.78, 5) is 24.4. The van der Waals surface area contributed by atoms with Crippen LogP contribution in [0, 0.1) is 21.8 Å². The average molecular weight is 371 g/mol. The van der Waals surface area contributed by atoms with Crippen LogP contribution in [-0.2, 0) is 11.2 Å². The maximum Gasteiger partial charge on any atom is 0.327 e. The van der Waals surface area contributed by atoms with E-state index >= 15 is 0 Å². The Bertz CT molecular complexity index is 805. The van der Waals surface area contributed by atoms with Crippen molar-refractivity contribution < 1.29 is 14.1 Å². The van der Waals surface area contributed by atoms with E-state index in [0.717, 1.165) is 25.3 Å². The molecule has 0 bridgehead atoms. The maximum atomic E-state index is 13.6. The highest BCUT2D eigenvalue weighted by Crippen LogP contribution is 2.27. The number of nitro groups is 1. The molecule has 1 saturated heterocycles. The van der Waals surface area contributed by atoms with E-state index in [1.54, 1.807) is 4.90 Å². The Labute approximate surface area is 157 Å². The van der Waals surface area contributed by atoms with Gasteiger partial charge in [-0.25, -0.2) is 0 Å². The average Bonchev–Trinajstić information content (AvgIpc) is 2.67. The van der Waals surface area contributed by atoms with Crippen LogP contribution in [0.3, 0.4) is 0 Å². The van der Waals surface area contributed by atoms with Crippen LogP contribution in [0.2, 0.25) is 0 Å². The van der Waals surface area contributed by atoms with Crippen LogP contribution in [0.5, 0.6) is 0 Å². The monoisotopic (exact) mass is 371 g/mol. The molecule has 1 fully saturated rings. The number of hydrogen-bond acceptors (Lipinski definition) is 4. The van der Waals surface area contributed by atoms with E-state index in [4.69, 9.17) is 0 Å². The minimum absolute atomic E-state index is 0.0207. The van der Waals surface area contributed by atoms with Crippen molar-refractivity contribution in [2.75, 3.05) is 25.0 Å². The fourth-order valence-corrected chi connectivity index (χ4v) is 3.46. The molecule has 0 radical (unpaired) electrons. The molecule has 1 heterocycles. The third-order valence-corrected chi connectivity index (χ3v) is 4.93. The number of amides is 1. The number of halogens is 1. The third-order valence-electron chi connectivity index (χ3n) is 4.93. The molecule has 2 aromatic rings. The smallest absolute Gasteiger partial charge is 0.327 e. The van der Waals surface area contributed by atoms with Crippen LogP contribution in [-0.4, -0.2) is 35.4 Å². The van der Waals surface area contributed by atoms with Gasteiger partial charge >= 0.3 is 5.69 Å². The summed E-state index contributed by atoms with van der Waals surface area (Å²) >= 11 is 0. The van der Waals surface area contributed by atoms with Gasteiger partial charge in [0, 0.05) is 13.1 Å². The molecule has 7 heteroatoms. The highest BCUT2D eigenvalue weighted by molar-refractivity contribution is 5.82. The van der Waals surface area contributed by atoms with Crippen LogP contribution in [0.1, 0.15) is 18.4 Å². The Balaban J connectivity index is 1.50. The number of carbonyl (C=O) groups excluding carboxylic acids is 1. The maximum absolute atomic E-state index is 13.6. The molecule has 1 aliphatic rings. The van der Waals surface area contributed by atoms with Crippen molar-refractivity contribution >= 4 is 17.3 Å². The van der Waals surface area contributed by atoms with Gasteiger partial charge in [-0.1, -0.05) is 36.4 Å². The Hall–Kier alpha value is -2.96. The number of carbonyl (C=O) groups is 1. The number of hydrogen-bond donors (Lipinski definition) is 1. The standard InChI is InChI=1S/C20H22FN3O3/c21-17-7-4-8-18(20(17)24(26)27)22-14-19(25)23-11-9-16(10-12-23)13-15-5-2-1-3-6-15/h1-8,16,22H,9-14H2. The first-order chi connectivity index (χ1) is 13.0. The van der Waals surface area contributed by atoms with Gasteiger partial charge in [0.25, 0.3) is 0 Å². The van der Waals surface area contributed by atoms with Gasteiger partial charge in [0.1, 0.15) is 5.69 Å². The van der Waals surface area contributed by atoms with E-state index < -0.39 is 16.4 Å². The predicted molar refractivity (Wildman–Crippen MR) is 101 cm³/mol. The van der Waals surface area contributed by atoms with Gasteiger partial charge in [-0.05, 0) is 42.9 Å². The van der Waals surface area contributed by atoms with E-state index in [0.29, 0.717) is 19.0 Å². The quantitative estimate of drug-likeness (QED) is 0.621. The Kier molecular flexibility index (Phi) is 6.01. The van der Waals surface area contributed by atoms with E-state index in [1.165, 1.54) is 17.7 Å². The first-order valence-electron chi connectivity index (χ1n) is 9.03. The minimum atomic E-state index is -0.917. The molecule has 1 aliphatic heterocycles. The lowest BCUT2D eigenvalue weighted by atomic mass is 9.90. The fourth-order valence-electron chi connectivity index (χ4n) is 3.46. The number of nitro benzene ring substituents is 1. The largest absolute Gasteiger partial charge is 0.370 e. The van der Waals surface area contributed by atoms with Gasteiger partial charge < -0.3 is 10.2 Å². The first kappa shape index (κ1) is 18.8. The summed E-state index contributed by atoms with van der Waals surface area (Å²) in [5.74, 6) is -0.500. The molecular formula is C20H22FN3O3. The van der Waals surface area contributed by atoms with Crippen LogP contribution < -0.4 is 5.32 Å². The summed E-state index contributed by atoms with van der Waals surface area (Å²) in [7, 11) is 0. The molecule has 142 valence electrons. The number of likely N-dealkylation sites (tertiary alicyclic amines) is 1. The Morgan fingerprint density at radius 2 is 1.85 bits per heavy atom. The molecule has 27 heavy (non-hydrogen) atoms. The molecule has 1 N–H and O–H groups in total. The van der Waals surface area contributed by atoms with Crippen molar-refractivity contribution in [1.82, 2.24) is 4.90 Å². The number of rotatable bonds is 6. The second-order valence-corrected chi connectivity index (χ2v) is 6.76. The Morgan fingerprint density at radius 1 is 1.15 bits per heavy atom. The lowest BCUT2D eigenvalue weighted by Gasteiger charge is -2.32. The number of nitrogens with one attached hydrogen (secondary N) is 1. The summed E-state index contributed by atoms with van der Waals surface area (Å²) < 4.78 is 13.6.